The molecule has 0 saturated carbocycles. The molecule has 0 radical (unpaired) electrons. The first-order valence-corrected chi connectivity index (χ1v) is 6.64. The predicted octanol–water partition coefficient (Wildman–Crippen LogP) is 3.90. The van der Waals surface area contributed by atoms with Crippen molar-refractivity contribution in [1.29, 1.82) is 0 Å². The molecular weight excluding hydrogens is 295 g/mol. The molecule has 1 aliphatic rings. The largest absolute Gasteiger partial charge is 0.367 e. The molecule has 0 spiro atoms. The highest BCUT2D eigenvalue weighted by Crippen LogP contribution is 2.35. The standard InChI is InChI=1S/C16H12F3NO2/c17-15-10(4-1-5-11(15)16(18)19)9-3-2-6-13-12(9)7-22-8-14(21)20-13/h1-6,16H,7-8H2,(H,20,21). The molecule has 2 aromatic carbocycles. The highest BCUT2D eigenvalue weighted by atomic mass is 19.3. The van der Waals surface area contributed by atoms with Crippen molar-refractivity contribution in [2.45, 2.75) is 13.0 Å². The van der Waals surface area contributed by atoms with Crippen molar-refractivity contribution < 1.29 is 22.7 Å². The fraction of sp³-hybridized carbons (Fsp3) is 0.188. The van der Waals surface area contributed by atoms with Crippen molar-refractivity contribution in [3.05, 3.63) is 53.3 Å². The highest BCUT2D eigenvalue weighted by molar-refractivity contribution is 5.94. The zero-order valence-corrected chi connectivity index (χ0v) is 11.4. The Kier molecular flexibility index (Phi) is 3.85. The van der Waals surface area contributed by atoms with Gasteiger partial charge in [0.2, 0.25) is 5.91 Å². The van der Waals surface area contributed by atoms with E-state index in [0.29, 0.717) is 16.8 Å². The van der Waals surface area contributed by atoms with E-state index in [-0.39, 0.29) is 24.7 Å². The number of carbonyl (C=O) groups excluding carboxylic acids is 1. The molecule has 1 N–H and O–H groups in total. The molecule has 114 valence electrons. The third-order valence-electron chi connectivity index (χ3n) is 3.48. The lowest BCUT2D eigenvalue weighted by Crippen LogP contribution is -2.14. The number of nitrogens with one attached hydrogen (secondary N) is 1. The van der Waals surface area contributed by atoms with Crippen LogP contribution in [0.15, 0.2) is 36.4 Å². The molecule has 3 rings (SSSR count). The first-order valence-electron chi connectivity index (χ1n) is 6.64. The Balaban J connectivity index is 2.16. The predicted molar refractivity (Wildman–Crippen MR) is 75.1 cm³/mol. The molecule has 6 heteroatoms. The van der Waals surface area contributed by atoms with Crippen molar-refractivity contribution in [2.75, 3.05) is 11.9 Å². The number of ether oxygens (including phenoxy) is 1. The summed E-state index contributed by atoms with van der Waals surface area (Å²) in [5.74, 6) is -1.26. The minimum atomic E-state index is -2.89. The van der Waals surface area contributed by atoms with E-state index in [4.69, 9.17) is 4.74 Å². The van der Waals surface area contributed by atoms with Gasteiger partial charge in [0.25, 0.3) is 6.43 Å². The van der Waals surface area contributed by atoms with Crippen molar-refractivity contribution in [2.24, 2.45) is 0 Å². The van der Waals surface area contributed by atoms with Gasteiger partial charge < -0.3 is 10.1 Å². The number of anilines is 1. The molecule has 1 amide bonds. The number of amides is 1. The average Bonchev–Trinajstić information content (AvgIpc) is 2.67. The van der Waals surface area contributed by atoms with Crippen LogP contribution in [-0.2, 0) is 16.1 Å². The molecule has 2 aromatic rings. The Labute approximate surface area is 124 Å². The number of rotatable bonds is 2. The number of benzene rings is 2. The molecule has 0 aliphatic carbocycles. The van der Waals surface area contributed by atoms with E-state index in [0.717, 1.165) is 6.07 Å². The summed E-state index contributed by atoms with van der Waals surface area (Å²) in [7, 11) is 0. The molecule has 0 atom stereocenters. The number of hydrogen-bond donors (Lipinski definition) is 1. The van der Waals surface area contributed by atoms with Crippen molar-refractivity contribution in [3.63, 3.8) is 0 Å². The topological polar surface area (TPSA) is 38.3 Å². The number of halogens is 3. The Morgan fingerprint density at radius 1 is 1.05 bits per heavy atom. The van der Waals surface area contributed by atoms with Gasteiger partial charge in [0.1, 0.15) is 12.4 Å². The van der Waals surface area contributed by atoms with Crippen molar-refractivity contribution in [1.82, 2.24) is 0 Å². The van der Waals surface area contributed by atoms with Crippen molar-refractivity contribution >= 4 is 11.6 Å². The van der Waals surface area contributed by atoms with Crippen LogP contribution in [0.3, 0.4) is 0 Å². The molecule has 22 heavy (non-hydrogen) atoms. The van der Waals surface area contributed by atoms with Gasteiger partial charge in [0.15, 0.2) is 0 Å². The van der Waals surface area contributed by atoms with Crippen molar-refractivity contribution in [3.8, 4) is 11.1 Å². The maximum absolute atomic E-state index is 14.3. The molecule has 1 heterocycles. The van der Waals surface area contributed by atoms with Gasteiger partial charge >= 0.3 is 0 Å². The van der Waals surface area contributed by atoms with E-state index in [9.17, 15) is 18.0 Å². The summed E-state index contributed by atoms with van der Waals surface area (Å²) >= 11 is 0. The number of hydrogen-bond acceptors (Lipinski definition) is 2. The minimum absolute atomic E-state index is 0.0643. The van der Waals surface area contributed by atoms with Crippen LogP contribution in [-0.4, -0.2) is 12.5 Å². The van der Waals surface area contributed by atoms with Gasteiger partial charge in [-0.1, -0.05) is 30.3 Å². The number of fused-ring (bicyclic) bond motifs is 1. The van der Waals surface area contributed by atoms with Gasteiger partial charge in [-0.2, -0.15) is 0 Å². The van der Waals surface area contributed by atoms with Gasteiger partial charge in [-0.3, -0.25) is 4.79 Å². The lowest BCUT2D eigenvalue weighted by Gasteiger charge is -2.14. The van der Waals surface area contributed by atoms with E-state index in [2.05, 4.69) is 5.32 Å². The fourth-order valence-electron chi connectivity index (χ4n) is 2.47. The number of carbonyl (C=O) groups is 1. The molecule has 0 bridgehead atoms. The second-order valence-electron chi connectivity index (χ2n) is 4.88. The normalized spacial score (nSPS) is 14.5. The lowest BCUT2D eigenvalue weighted by molar-refractivity contribution is -0.120. The van der Waals surface area contributed by atoms with Crippen LogP contribution in [0.5, 0.6) is 0 Å². The van der Waals surface area contributed by atoms with E-state index in [1.807, 2.05) is 0 Å². The highest BCUT2D eigenvalue weighted by Gasteiger charge is 2.21. The molecule has 0 unspecified atom stereocenters. The smallest absolute Gasteiger partial charge is 0.266 e. The van der Waals surface area contributed by atoms with E-state index in [1.165, 1.54) is 12.1 Å². The molecule has 3 nitrogen and oxygen atoms in total. The zero-order chi connectivity index (χ0) is 15.7. The zero-order valence-electron chi connectivity index (χ0n) is 11.4. The van der Waals surface area contributed by atoms with Crippen LogP contribution < -0.4 is 5.32 Å². The van der Waals surface area contributed by atoms with Crippen LogP contribution in [0.2, 0.25) is 0 Å². The maximum atomic E-state index is 14.3. The average molecular weight is 307 g/mol. The van der Waals surface area contributed by atoms with Gasteiger partial charge in [-0.15, -0.1) is 0 Å². The molecule has 0 fully saturated rings. The third-order valence-corrected chi connectivity index (χ3v) is 3.48. The summed E-state index contributed by atoms with van der Waals surface area (Å²) in [6.07, 6.45) is -2.89. The molecule has 0 aromatic heterocycles. The van der Waals surface area contributed by atoms with Crippen LogP contribution >= 0.6 is 0 Å². The molecule has 0 saturated heterocycles. The fourth-order valence-corrected chi connectivity index (χ4v) is 2.47. The monoisotopic (exact) mass is 307 g/mol. The summed E-state index contributed by atoms with van der Waals surface area (Å²) in [5.41, 5.74) is 0.920. The maximum Gasteiger partial charge on any atom is 0.266 e. The first-order chi connectivity index (χ1) is 10.6. The number of alkyl halides is 2. The summed E-state index contributed by atoms with van der Waals surface area (Å²) < 4.78 is 45.3. The SMILES string of the molecule is O=C1COCc2c(cccc2-c2cccc(C(F)F)c2F)N1. The van der Waals surface area contributed by atoms with Crippen LogP contribution in [0.25, 0.3) is 11.1 Å². The Hall–Kier alpha value is -2.34. The van der Waals surface area contributed by atoms with E-state index in [1.54, 1.807) is 18.2 Å². The first kappa shape index (κ1) is 14.6. The van der Waals surface area contributed by atoms with Gasteiger partial charge in [0.05, 0.1) is 12.2 Å². The Bertz CT molecular complexity index is 731. The molecular formula is C16H12F3NO2. The second-order valence-corrected chi connectivity index (χ2v) is 4.88. The molecule has 1 aliphatic heterocycles. The third kappa shape index (κ3) is 2.57. The van der Waals surface area contributed by atoms with Crippen LogP contribution in [0.4, 0.5) is 18.9 Å². The lowest BCUT2D eigenvalue weighted by atomic mass is 9.96. The summed E-state index contributed by atoms with van der Waals surface area (Å²) in [5, 5.41) is 2.65. The van der Waals surface area contributed by atoms with Crippen LogP contribution in [0.1, 0.15) is 17.6 Å². The van der Waals surface area contributed by atoms with Gasteiger partial charge in [-0.05, 0) is 11.6 Å². The van der Waals surface area contributed by atoms with Crippen LogP contribution in [0, 0.1) is 5.82 Å². The summed E-state index contributed by atoms with van der Waals surface area (Å²) in [6, 6.07) is 8.80. The second kappa shape index (κ2) is 5.81. The van der Waals surface area contributed by atoms with Gasteiger partial charge in [-0.25, -0.2) is 13.2 Å². The Morgan fingerprint density at radius 3 is 2.55 bits per heavy atom. The summed E-state index contributed by atoms with van der Waals surface area (Å²) in [6.45, 7) is -0.00370. The quantitative estimate of drug-likeness (QED) is 0.914. The van der Waals surface area contributed by atoms with E-state index < -0.39 is 17.8 Å². The van der Waals surface area contributed by atoms with E-state index >= 15 is 0 Å². The minimum Gasteiger partial charge on any atom is -0.367 e. The Morgan fingerprint density at radius 2 is 1.77 bits per heavy atom. The van der Waals surface area contributed by atoms with Gasteiger partial charge in [0, 0.05) is 16.8 Å². The summed E-state index contributed by atoms with van der Waals surface area (Å²) in [4.78, 5) is 11.5.